The Labute approximate surface area is 106 Å². The van der Waals surface area contributed by atoms with Crippen LogP contribution in [0.2, 0.25) is 20.1 Å². The Hall–Kier alpha value is -0.220. The van der Waals surface area contributed by atoms with E-state index in [4.69, 9.17) is 46.4 Å². The maximum absolute atomic E-state index is 10.7. The molecule has 0 fully saturated rings. The molecule has 1 rings (SSSR count). The van der Waals surface area contributed by atoms with Gasteiger partial charge in [0.15, 0.2) is 0 Å². The fourth-order valence-electron chi connectivity index (χ4n) is 1.14. The molecule has 82 valence electrons. The van der Waals surface area contributed by atoms with Gasteiger partial charge in [0.2, 0.25) is 0 Å². The summed E-state index contributed by atoms with van der Waals surface area (Å²) in [5, 5.41) is 10.5. The number of rotatable bonds is 2. The highest BCUT2D eigenvalue weighted by Gasteiger charge is 2.26. The van der Waals surface area contributed by atoms with Crippen molar-refractivity contribution in [3.63, 3.8) is 0 Å². The van der Waals surface area contributed by atoms with Crippen LogP contribution in [0.1, 0.15) is 12.5 Å². The van der Waals surface area contributed by atoms with Crippen LogP contribution < -0.4 is 0 Å². The second-order valence-corrected chi connectivity index (χ2v) is 4.21. The Morgan fingerprint density at radius 1 is 1.07 bits per heavy atom. The number of halogens is 4. The highest BCUT2D eigenvalue weighted by Crippen LogP contribution is 2.45. The molecule has 0 unspecified atom stereocenters. The molecule has 0 saturated carbocycles. The molecule has 0 saturated heterocycles. The first kappa shape index (κ1) is 12.8. The molecular formula is C8H5Cl4NO2. The van der Waals surface area contributed by atoms with Gasteiger partial charge in [-0.3, -0.25) is 10.1 Å². The number of hydrogen-bond donors (Lipinski definition) is 0. The van der Waals surface area contributed by atoms with Gasteiger partial charge in [0.05, 0.1) is 15.0 Å². The minimum Gasteiger partial charge on any atom is -0.258 e. The van der Waals surface area contributed by atoms with E-state index in [1.54, 1.807) is 6.92 Å². The van der Waals surface area contributed by atoms with Crippen molar-refractivity contribution in [3.8, 4) is 0 Å². The molecule has 7 heteroatoms. The van der Waals surface area contributed by atoms with Crippen LogP contribution in [-0.4, -0.2) is 4.92 Å². The van der Waals surface area contributed by atoms with Gasteiger partial charge < -0.3 is 0 Å². The van der Waals surface area contributed by atoms with Crippen LogP contribution in [0.4, 0.5) is 5.69 Å². The van der Waals surface area contributed by atoms with E-state index in [0.29, 0.717) is 12.0 Å². The average Bonchev–Trinajstić information content (AvgIpc) is 2.16. The lowest BCUT2D eigenvalue weighted by Crippen LogP contribution is -1.96. The van der Waals surface area contributed by atoms with Crippen LogP contribution in [0.25, 0.3) is 0 Å². The summed E-state index contributed by atoms with van der Waals surface area (Å²) in [6.07, 6.45) is 0.495. The highest BCUT2D eigenvalue weighted by molar-refractivity contribution is 6.50. The molecule has 0 radical (unpaired) electrons. The van der Waals surface area contributed by atoms with Crippen LogP contribution in [-0.2, 0) is 6.42 Å². The van der Waals surface area contributed by atoms with Crippen molar-refractivity contribution in [1.29, 1.82) is 0 Å². The average molecular weight is 289 g/mol. The third-order valence-corrected chi connectivity index (χ3v) is 3.63. The molecular weight excluding hydrogens is 284 g/mol. The SMILES string of the molecule is CCc1c(Cl)c(Cl)c([N+](=O)[O-])c(Cl)c1Cl. The van der Waals surface area contributed by atoms with E-state index in [1.165, 1.54) is 0 Å². The van der Waals surface area contributed by atoms with Crippen LogP contribution in [0.5, 0.6) is 0 Å². The van der Waals surface area contributed by atoms with Gasteiger partial charge in [0.1, 0.15) is 10.0 Å². The maximum Gasteiger partial charge on any atom is 0.309 e. The third-order valence-electron chi connectivity index (χ3n) is 1.87. The summed E-state index contributed by atoms with van der Waals surface area (Å²) in [5.41, 5.74) is 0.0597. The first-order valence-electron chi connectivity index (χ1n) is 3.91. The van der Waals surface area contributed by atoms with Crippen molar-refractivity contribution in [3.05, 3.63) is 35.8 Å². The zero-order valence-electron chi connectivity index (χ0n) is 7.48. The Morgan fingerprint density at radius 3 is 1.73 bits per heavy atom. The van der Waals surface area contributed by atoms with E-state index in [1.807, 2.05) is 0 Å². The quantitative estimate of drug-likeness (QED) is 0.447. The molecule has 0 atom stereocenters. The molecule has 0 heterocycles. The Bertz CT molecular complexity index is 404. The van der Waals surface area contributed by atoms with Gasteiger partial charge in [-0.2, -0.15) is 0 Å². The lowest BCUT2D eigenvalue weighted by atomic mass is 10.1. The highest BCUT2D eigenvalue weighted by atomic mass is 35.5. The van der Waals surface area contributed by atoms with Gasteiger partial charge in [-0.25, -0.2) is 0 Å². The number of nitro benzene ring substituents is 1. The Balaban J connectivity index is 3.66. The number of hydrogen-bond acceptors (Lipinski definition) is 2. The van der Waals surface area contributed by atoms with Gasteiger partial charge >= 0.3 is 5.69 Å². The molecule has 0 aliphatic heterocycles. The number of nitro groups is 1. The van der Waals surface area contributed by atoms with Crippen LogP contribution in [0, 0.1) is 10.1 Å². The topological polar surface area (TPSA) is 43.1 Å². The molecule has 0 spiro atoms. The summed E-state index contributed by atoms with van der Waals surface area (Å²) in [6, 6.07) is 0. The molecule has 0 N–H and O–H groups in total. The standard InChI is InChI=1S/C8H5Cl4NO2/c1-2-3-4(9)6(11)8(13(14)15)7(12)5(3)10/h2H2,1H3. The second kappa shape index (κ2) is 4.74. The molecule has 0 bridgehead atoms. The third kappa shape index (κ3) is 2.16. The Morgan fingerprint density at radius 2 is 1.47 bits per heavy atom. The molecule has 1 aromatic rings. The molecule has 15 heavy (non-hydrogen) atoms. The monoisotopic (exact) mass is 287 g/mol. The molecule has 0 aliphatic carbocycles. The molecule has 0 aliphatic rings. The fraction of sp³-hybridized carbons (Fsp3) is 0.250. The summed E-state index contributed by atoms with van der Waals surface area (Å²) in [4.78, 5) is 9.96. The van der Waals surface area contributed by atoms with Crippen molar-refractivity contribution >= 4 is 52.1 Å². The van der Waals surface area contributed by atoms with Gasteiger partial charge in [-0.15, -0.1) is 0 Å². The van der Waals surface area contributed by atoms with E-state index in [-0.39, 0.29) is 20.1 Å². The van der Waals surface area contributed by atoms with Crippen molar-refractivity contribution < 1.29 is 4.92 Å². The van der Waals surface area contributed by atoms with E-state index >= 15 is 0 Å². The van der Waals surface area contributed by atoms with Crippen molar-refractivity contribution in [2.45, 2.75) is 13.3 Å². The summed E-state index contributed by atoms with van der Waals surface area (Å²) in [6.45, 7) is 1.80. The predicted octanol–water partition coefficient (Wildman–Crippen LogP) is 4.77. The first-order valence-corrected chi connectivity index (χ1v) is 5.42. The normalized spacial score (nSPS) is 10.5. The second-order valence-electron chi connectivity index (χ2n) is 2.69. The zero-order chi connectivity index (χ0) is 11.7. The molecule has 0 amide bonds. The van der Waals surface area contributed by atoms with E-state index in [2.05, 4.69) is 0 Å². The summed E-state index contributed by atoms with van der Waals surface area (Å²) < 4.78 is 0. The predicted molar refractivity (Wildman–Crippen MR) is 62.5 cm³/mol. The largest absolute Gasteiger partial charge is 0.309 e. The summed E-state index contributed by atoms with van der Waals surface area (Å²) >= 11 is 23.1. The van der Waals surface area contributed by atoms with E-state index in [0.717, 1.165) is 0 Å². The van der Waals surface area contributed by atoms with E-state index in [9.17, 15) is 10.1 Å². The molecule has 0 aromatic heterocycles. The maximum atomic E-state index is 10.7. The Kier molecular flexibility index (Phi) is 4.06. The fourth-order valence-corrected chi connectivity index (χ4v) is 2.42. The van der Waals surface area contributed by atoms with Gasteiger partial charge in [0, 0.05) is 0 Å². The number of nitrogens with zero attached hydrogens (tertiary/aromatic N) is 1. The van der Waals surface area contributed by atoms with Crippen LogP contribution in [0.15, 0.2) is 0 Å². The molecule has 3 nitrogen and oxygen atoms in total. The van der Waals surface area contributed by atoms with Gasteiger partial charge in [-0.05, 0) is 12.0 Å². The summed E-state index contributed by atoms with van der Waals surface area (Å²) in [5.74, 6) is 0. The zero-order valence-corrected chi connectivity index (χ0v) is 10.5. The smallest absolute Gasteiger partial charge is 0.258 e. The van der Waals surface area contributed by atoms with Gasteiger partial charge in [-0.1, -0.05) is 53.3 Å². The van der Waals surface area contributed by atoms with Crippen molar-refractivity contribution in [1.82, 2.24) is 0 Å². The van der Waals surface area contributed by atoms with E-state index < -0.39 is 10.6 Å². The first-order chi connectivity index (χ1) is 6.91. The number of benzene rings is 1. The van der Waals surface area contributed by atoms with Crippen molar-refractivity contribution in [2.75, 3.05) is 0 Å². The molecule has 1 aromatic carbocycles. The van der Waals surface area contributed by atoms with Crippen LogP contribution in [0.3, 0.4) is 0 Å². The van der Waals surface area contributed by atoms with Gasteiger partial charge in [0.25, 0.3) is 0 Å². The van der Waals surface area contributed by atoms with Crippen molar-refractivity contribution in [2.24, 2.45) is 0 Å². The lowest BCUT2D eigenvalue weighted by molar-refractivity contribution is -0.384. The minimum atomic E-state index is -0.706. The van der Waals surface area contributed by atoms with Crippen LogP contribution >= 0.6 is 46.4 Å². The summed E-state index contributed by atoms with van der Waals surface area (Å²) in [7, 11) is 0. The lowest BCUT2D eigenvalue weighted by Gasteiger charge is -2.08. The minimum absolute atomic E-state index is 0.0836.